The molecule has 30 heavy (non-hydrogen) atoms. The van der Waals surface area contributed by atoms with Crippen LogP contribution < -0.4 is 5.32 Å². The summed E-state index contributed by atoms with van der Waals surface area (Å²) in [5.41, 5.74) is 1.63. The van der Waals surface area contributed by atoms with E-state index in [1.807, 2.05) is 23.1 Å². The van der Waals surface area contributed by atoms with Gasteiger partial charge >= 0.3 is 0 Å². The van der Waals surface area contributed by atoms with E-state index in [1.54, 1.807) is 6.07 Å². The number of nitrogens with one attached hydrogen (secondary N) is 1. The standard InChI is InChI=1S/C25H37N3O2/c1-20(29)26-23-10-5-9-22(17-23)24(30)28-16-13-25(19-28)12-6-14-27(18-25)15-11-21-7-3-2-4-8-21/h5,9-10,17,21H,2-4,6-8,11-16,18-19H2,1H3,(H,26,29). The van der Waals surface area contributed by atoms with Crippen molar-refractivity contribution >= 4 is 17.5 Å². The van der Waals surface area contributed by atoms with Crippen molar-refractivity contribution < 1.29 is 9.59 Å². The zero-order valence-corrected chi connectivity index (χ0v) is 18.5. The molecule has 1 aliphatic carbocycles. The Morgan fingerprint density at radius 3 is 2.70 bits per heavy atom. The van der Waals surface area contributed by atoms with Gasteiger partial charge in [0.1, 0.15) is 0 Å². The average Bonchev–Trinajstić information content (AvgIpc) is 3.15. The highest BCUT2D eigenvalue weighted by atomic mass is 16.2. The largest absolute Gasteiger partial charge is 0.338 e. The molecule has 1 spiro atoms. The number of rotatable bonds is 5. The van der Waals surface area contributed by atoms with Gasteiger partial charge in [-0.05, 0) is 62.9 Å². The molecular formula is C25H37N3O2. The molecule has 164 valence electrons. The first-order chi connectivity index (χ1) is 14.5. The number of carbonyl (C=O) groups excluding carboxylic acids is 2. The zero-order chi connectivity index (χ0) is 21.0. The lowest BCUT2D eigenvalue weighted by Crippen LogP contribution is -2.45. The average molecular weight is 412 g/mol. The van der Waals surface area contributed by atoms with Gasteiger partial charge in [0.25, 0.3) is 5.91 Å². The van der Waals surface area contributed by atoms with Crippen molar-refractivity contribution in [1.82, 2.24) is 9.80 Å². The van der Waals surface area contributed by atoms with E-state index >= 15 is 0 Å². The molecule has 3 fully saturated rings. The summed E-state index contributed by atoms with van der Waals surface area (Å²) in [5.74, 6) is 0.919. The Hall–Kier alpha value is -1.88. The number of benzene rings is 1. The fourth-order valence-corrected chi connectivity index (χ4v) is 5.90. The van der Waals surface area contributed by atoms with Crippen molar-refractivity contribution in [2.45, 2.75) is 64.7 Å². The molecule has 1 aromatic rings. The van der Waals surface area contributed by atoms with Gasteiger partial charge in [0.15, 0.2) is 0 Å². The van der Waals surface area contributed by atoms with E-state index < -0.39 is 0 Å². The first kappa shape index (κ1) is 21.4. The Bertz CT molecular complexity index is 759. The van der Waals surface area contributed by atoms with Crippen LogP contribution >= 0.6 is 0 Å². The molecule has 2 amide bonds. The van der Waals surface area contributed by atoms with Gasteiger partial charge in [-0.25, -0.2) is 0 Å². The number of likely N-dealkylation sites (tertiary alicyclic amines) is 2. The van der Waals surface area contributed by atoms with Gasteiger partial charge in [-0.3, -0.25) is 9.59 Å². The number of piperidine rings is 1. The van der Waals surface area contributed by atoms with Crippen molar-refractivity contribution in [1.29, 1.82) is 0 Å². The van der Waals surface area contributed by atoms with Gasteiger partial charge in [-0.2, -0.15) is 0 Å². The molecule has 0 bridgehead atoms. The summed E-state index contributed by atoms with van der Waals surface area (Å²) in [4.78, 5) is 29.2. The van der Waals surface area contributed by atoms with Crippen LogP contribution in [-0.4, -0.2) is 54.3 Å². The minimum Gasteiger partial charge on any atom is -0.338 e. The number of carbonyl (C=O) groups is 2. The van der Waals surface area contributed by atoms with Gasteiger partial charge < -0.3 is 15.1 Å². The van der Waals surface area contributed by atoms with Crippen LogP contribution in [0, 0.1) is 11.3 Å². The summed E-state index contributed by atoms with van der Waals surface area (Å²) in [6.45, 7) is 6.81. The highest BCUT2D eigenvalue weighted by molar-refractivity contribution is 5.97. The molecule has 2 aliphatic heterocycles. The molecule has 5 heteroatoms. The lowest BCUT2D eigenvalue weighted by atomic mass is 9.79. The van der Waals surface area contributed by atoms with Crippen molar-refractivity contribution in [3.05, 3.63) is 29.8 Å². The molecule has 0 radical (unpaired) electrons. The Balaban J connectivity index is 1.33. The molecule has 1 unspecified atom stereocenters. The lowest BCUT2D eigenvalue weighted by molar-refractivity contribution is -0.114. The minimum atomic E-state index is -0.116. The summed E-state index contributed by atoms with van der Waals surface area (Å²) in [6.07, 6.45) is 12.1. The Morgan fingerprint density at radius 2 is 1.90 bits per heavy atom. The predicted molar refractivity (Wildman–Crippen MR) is 121 cm³/mol. The Kier molecular flexibility index (Phi) is 6.77. The topological polar surface area (TPSA) is 52.7 Å². The van der Waals surface area contributed by atoms with Crippen LogP contribution in [0.5, 0.6) is 0 Å². The van der Waals surface area contributed by atoms with Crippen LogP contribution in [0.15, 0.2) is 24.3 Å². The predicted octanol–water partition coefficient (Wildman–Crippen LogP) is 4.54. The Labute approximate surface area is 181 Å². The maximum atomic E-state index is 13.1. The monoisotopic (exact) mass is 411 g/mol. The highest BCUT2D eigenvalue weighted by Crippen LogP contribution is 2.40. The smallest absolute Gasteiger partial charge is 0.253 e. The first-order valence-electron chi connectivity index (χ1n) is 11.9. The number of nitrogens with zero attached hydrogens (tertiary/aromatic N) is 2. The van der Waals surface area contributed by atoms with Crippen LogP contribution in [0.2, 0.25) is 0 Å². The van der Waals surface area contributed by atoms with Crippen LogP contribution in [0.25, 0.3) is 0 Å². The molecule has 1 atom stereocenters. The van der Waals surface area contributed by atoms with E-state index in [4.69, 9.17) is 0 Å². The van der Waals surface area contributed by atoms with Gasteiger partial charge in [0, 0.05) is 43.2 Å². The van der Waals surface area contributed by atoms with Gasteiger partial charge in [0.2, 0.25) is 5.91 Å². The number of amides is 2. The number of hydrogen-bond donors (Lipinski definition) is 1. The van der Waals surface area contributed by atoms with Gasteiger partial charge in [0.05, 0.1) is 0 Å². The van der Waals surface area contributed by atoms with Crippen LogP contribution in [0.1, 0.15) is 75.1 Å². The highest BCUT2D eigenvalue weighted by Gasteiger charge is 2.42. The number of hydrogen-bond acceptors (Lipinski definition) is 3. The van der Waals surface area contributed by atoms with Gasteiger partial charge in [-0.15, -0.1) is 0 Å². The molecule has 1 N–H and O–H groups in total. The normalized spacial score (nSPS) is 25.6. The minimum absolute atomic E-state index is 0.0957. The fourth-order valence-electron chi connectivity index (χ4n) is 5.90. The van der Waals surface area contributed by atoms with E-state index in [9.17, 15) is 9.59 Å². The third-order valence-electron chi connectivity index (χ3n) is 7.47. The quantitative estimate of drug-likeness (QED) is 0.774. The summed E-state index contributed by atoms with van der Waals surface area (Å²) >= 11 is 0. The molecule has 4 rings (SSSR count). The van der Waals surface area contributed by atoms with Crippen molar-refractivity contribution in [3.8, 4) is 0 Å². The molecule has 3 aliphatic rings. The van der Waals surface area contributed by atoms with Crippen molar-refractivity contribution in [2.24, 2.45) is 11.3 Å². The van der Waals surface area contributed by atoms with E-state index in [1.165, 1.54) is 71.4 Å². The molecule has 2 heterocycles. The second kappa shape index (κ2) is 9.51. The molecule has 1 saturated carbocycles. The molecule has 2 saturated heterocycles. The van der Waals surface area contributed by atoms with Crippen molar-refractivity contribution in [2.75, 3.05) is 38.0 Å². The molecule has 1 aromatic carbocycles. The third kappa shape index (κ3) is 5.23. The number of anilines is 1. The first-order valence-corrected chi connectivity index (χ1v) is 11.9. The molecule has 0 aromatic heterocycles. The third-order valence-corrected chi connectivity index (χ3v) is 7.47. The SMILES string of the molecule is CC(=O)Nc1cccc(C(=O)N2CCC3(CCCN(CCC4CCCCC4)C3)C2)c1. The zero-order valence-electron chi connectivity index (χ0n) is 18.5. The summed E-state index contributed by atoms with van der Waals surface area (Å²) in [5, 5.41) is 2.78. The maximum Gasteiger partial charge on any atom is 0.253 e. The van der Waals surface area contributed by atoms with Crippen LogP contribution in [-0.2, 0) is 4.79 Å². The molecular weight excluding hydrogens is 374 g/mol. The summed E-state index contributed by atoms with van der Waals surface area (Å²) < 4.78 is 0. The molecule has 5 nitrogen and oxygen atoms in total. The second-order valence-corrected chi connectivity index (χ2v) is 9.91. The summed E-state index contributed by atoms with van der Waals surface area (Å²) in [7, 11) is 0. The Morgan fingerprint density at radius 1 is 1.07 bits per heavy atom. The van der Waals surface area contributed by atoms with Gasteiger partial charge in [-0.1, -0.05) is 38.2 Å². The van der Waals surface area contributed by atoms with E-state index in [0.29, 0.717) is 11.3 Å². The fraction of sp³-hybridized carbons (Fsp3) is 0.680. The summed E-state index contributed by atoms with van der Waals surface area (Å²) in [6, 6.07) is 7.33. The van der Waals surface area contributed by atoms with E-state index in [0.717, 1.165) is 32.0 Å². The van der Waals surface area contributed by atoms with Crippen molar-refractivity contribution in [3.63, 3.8) is 0 Å². The van der Waals surface area contributed by atoms with E-state index in [2.05, 4.69) is 10.2 Å². The van der Waals surface area contributed by atoms with Crippen LogP contribution in [0.3, 0.4) is 0 Å². The van der Waals surface area contributed by atoms with Crippen LogP contribution in [0.4, 0.5) is 5.69 Å². The lowest BCUT2D eigenvalue weighted by Gasteiger charge is -2.41. The van der Waals surface area contributed by atoms with E-state index in [-0.39, 0.29) is 17.2 Å². The second-order valence-electron chi connectivity index (χ2n) is 9.91. The maximum absolute atomic E-state index is 13.1.